The van der Waals surface area contributed by atoms with Crippen LogP contribution in [-0.2, 0) is 0 Å². The van der Waals surface area contributed by atoms with E-state index < -0.39 is 11.4 Å². The van der Waals surface area contributed by atoms with E-state index in [1.54, 1.807) is 0 Å². The summed E-state index contributed by atoms with van der Waals surface area (Å²) in [4.78, 5) is 22.9. The number of aromatic nitrogens is 3. The number of fused-ring (bicyclic) bond motifs is 2. The van der Waals surface area contributed by atoms with Crippen LogP contribution < -0.4 is 11.4 Å². The molecule has 3 rings (SSSR count). The topological polar surface area (TPSA) is 83.0 Å². The van der Waals surface area contributed by atoms with Crippen LogP contribution in [0, 0.1) is 16.7 Å². The van der Waals surface area contributed by atoms with Gasteiger partial charge >= 0.3 is 11.4 Å². The minimum absolute atomic E-state index is 0.000810. The molecule has 1 heterocycles. The highest BCUT2D eigenvalue weighted by molar-refractivity contribution is 5.94. The molecule has 0 spiro atoms. The van der Waals surface area contributed by atoms with Crippen molar-refractivity contribution in [1.29, 1.82) is 0 Å². The van der Waals surface area contributed by atoms with Gasteiger partial charge in [0.25, 0.3) is 0 Å². The molecule has 18 heavy (non-hydrogen) atoms. The summed E-state index contributed by atoms with van der Waals surface area (Å²) in [7, 11) is 0. The maximum atomic E-state index is 11.5. The summed E-state index contributed by atoms with van der Waals surface area (Å²) in [5, 5.41) is 8.82. The van der Waals surface area contributed by atoms with Gasteiger partial charge in [-0.3, -0.25) is 0 Å². The summed E-state index contributed by atoms with van der Waals surface area (Å²) in [6, 6.07) is 0. The van der Waals surface area contributed by atoms with Gasteiger partial charge in [-0.15, -0.1) is 4.68 Å². The molecular weight excluding hydrogens is 232 g/mol. The smallest absolute Gasteiger partial charge is 0.246 e. The zero-order valence-corrected chi connectivity index (χ0v) is 10.9. The Hall–Kier alpha value is -1.59. The van der Waals surface area contributed by atoms with Gasteiger partial charge in [-0.25, -0.2) is 19.8 Å². The highest BCUT2D eigenvalue weighted by Crippen LogP contribution is 2.63. The molecule has 0 aromatic carbocycles. The fourth-order valence-corrected chi connectivity index (χ4v) is 3.60. The Morgan fingerprint density at radius 2 is 1.83 bits per heavy atom. The minimum Gasteiger partial charge on any atom is -0.246 e. The molecule has 2 fully saturated rings. The van der Waals surface area contributed by atoms with E-state index in [1.807, 2.05) is 0 Å². The predicted octanol–water partition coefficient (Wildman–Crippen LogP) is 0.915. The molecule has 0 radical (unpaired) electrons. The van der Waals surface area contributed by atoms with Crippen molar-refractivity contribution in [3.63, 3.8) is 0 Å². The van der Waals surface area contributed by atoms with Gasteiger partial charge in [-0.2, -0.15) is 5.10 Å². The fraction of sp³-hybridized carbons (Fsp3) is 0.750. The second-order valence-electron chi connectivity index (χ2n) is 6.21. The summed E-state index contributed by atoms with van der Waals surface area (Å²) >= 11 is 0. The maximum Gasteiger partial charge on any atom is 0.365 e. The number of hydrogen-bond acceptors (Lipinski definition) is 3. The molecule has 0 saturated heterocycles. The fourth-order valence-electron chi connectivity index (χ4n) is 3.60. The van der Waals surface area contributed by atoms with Crippen LogP contribution in [-0.4, -0.2) is 20.6 Å². The van der Waals surface area contributed by atoms with Gasteiger partial charge in [0.15, 0.2) is 0 Å². The first-order valence-corrected chi connectivity index (χ1v) is 6.34. The molecule has 1 aromatic rings. The van der Waals surface area contributed by atoms with Crippen molar-refractivity contribution in [1.82, 2.24) is 14.9 Å². The summed E-state index contributed by atoms with van der Waals surface area (Å²) < 4.78 is 0.900. The van der Waals surface area contributed by atoms with Crippen molar-refractivity contribution in [3.8, 4) is 0 Å². The normalized spacial score (nSPS) is 35.5. The van der Waals surface area contributed by atoms with E-state index in [0.717, 1.165) is 23.2 Å². The summed E-state index contributed by atoms with van der Waals surface area (Å²) in [6.07, 6.45) is 3.18. The lowest BCUT2D eigenvalue weighted by Gasteiger charge is -2.34. The van der Waals surface area contributed by atoms with E-state index in [9.17, 15) is 9.59 Å². The monoisotopic (exact) mass is 250 g/mol. The van der Waals surface area contributed by atoms with Gasteiger partial charge in [0.05, 0.1) is 0 Å². The molecule has 0 amide bonds. The molecular formula is C12H18N4O2. The molecule has 2 atom stereocenters. The quantitative estimate of drug-likeness (QED) is 0.776. The third-order valence-electron chi connectivity index (χ3n) is 5.39. The van der Waals surface area contributed by atoms with Crippen LogP contribution in [0.3, 0.4) is 0 Å². The predicted molar refractivity (Wildman–Crippen MR) is 67.7 cm³/mol. The van der Waals surface area contributed by atoms with E-state index in [-0.39, 0.29) is 10.8 Å². The van der Waals surface area contributed by atoms with Gasteiger partial charge in [0.2, 0.25) is 0 Å². The van der Waals surface area contributed by atoms with Crippen molar-refractivity contribution in [3.05, 3.63) is 21.0 Å². The molecule has 0 unspecified atom stereocenters. The highest BCUT2D eigenvalue weighted by Gasteiger charge is 2.60. The summed E-state index contributed by atoms with van der Waals surface area (Å²) in [6.45, 7) is 6.72. The summed E-state index contributed by atoms with van der Waals surface area (Å²) in [5.74, 6) is 0.606. The van der Waals surface area contributed by atoms with Crippen LogP contribution in [0.25, 0.3) is 0 Å². The van der Waals surface area contributed by atoms with Crippen LogP contribution in [0.5, 0.6) is 0 Å². The Bertz CT molecular complexity index is 605. The number of H-pyrrole nitrogens is 2. The molecule has 0 aliphatic heterocycles. The van der Waals surface area contributed by atoms with Crippen LogP contribution in [0.4, 0.5) is 0 Å². The van der Waals surface area contributed by atoms with Crippen molar-refractivity contribution >= 4 is 5.71 Å². The number of nitrogens with zero attached hydrogens (tertiary/aromatic N) is 2. The van der Waals surface area contributed by atoms with Crippen LogP contribution in [0.1, 0.15) is 40.0 Å². The minimum atomic E-state index is -0.503. The van der Waals surface area contributed by atoms with Crippen molar-refractivity contribution in [2.24, 2.45) is 21.8 Å². The number of aromatic amines is 2. The van der Waals surface area contributed by atoms with Crippen molar-refractivity contribution in [2.45, 2.75) is 40.0 Å². The maximum absolute atomic E-state index is 11.5. The van der Waals surface area contributed by atoms with E-state index in [0.29, 0.717) is 5.92 Å². The van der Waals surface area contributed by atoms with Gasteiger partial charge in [0, 0.05) is 11.1 Å². The Labute approximate surface area is 104 Å². The highest BCUT2D eigenvalue weighted by atomic mass is 16.2. The molecule has 2 aliphatic rings. The summed E-state index contributed by atoms with van der Waals surface area (Å²) in [5.41, 5.74) is 0.170. The molecule has 6 nitrogen and oxygen atoms in total. The van der Waals surface area contributed by atoms with Crippen molar-refractivity contribution < 1.29 is 0 Å². The molecule has 1 aromatic heterocycles. The Morgan fingerprint density at radius 1 is 1.22 bits per heavy atom. The number of rotatable bonds is 1. The zero-order valence-electron chi connectivity index (χ0n) is 10.9. The third-order valence-corrected chi connectivity index (χ3v) is 5.39. The molecule has 98 valence electrons. The van der Waals surface area contributed by atoms with Gasteiger partial charge in [-0.1, -0.05) is 20.8 Å². The second-order valence-corrected chi connectivity index (χ2v) is 6.21. The average molecular weight is 250 g/mol. The molecule has 2 saturated carbocycles. The molecule has 2 bridgehead atoms. The van der Waals surface area contributed by atoms with E-state index in [1.165, 1.54) is 6.42 Å². The lowest BCUT2D eigenvalue weighted by atomic mass is 9.70. The Balaban J connectivity index is 2.11. The largest absolute Gasteiger partial charge is 0.365 e. The zero-order chi connectivity index (χ0) is 13.1. The van der Waals surface area contributed by atoms with Gasteiger partial charge in [0.1, 0.15) is 0 Å². The van der Waals surface area contributed by atoms with Crippen LogP contribution in [0.2, 0.25) is 0 Å². The van der Waals surface area contributed by atoms with Crippen molar-refractivity contribution in [2.75, 3.05) is 0 Å². The van der Waals surface area contributed by atoms with Crippen LogP contribution in [0.15, 0.2) is 14.7 Å². The number of hydrogen-bond donors (Lipinski definition) is 2. The Kier molecular flexibility index (Phi) is 2.07. The van der Waals surface area contributed by atoms with E-state index in [4.69, 9.17) is 0 Å². The van der Waals surface area contributed by atoms with E-state index >= 15 is 0 Å². The Morgan fingerprint density at radius 3 is 2.28 bits per heavy atom. The first kappa shape index (κ1) is 11.5. The van der Waals surface area contributed by atoms with Gasteiger partial charge < -0.3 is 0 Å². The molecule has 2 N–H and O–H groups in total. The first-order valence-electron chi connectivity index (χ1n) is 6.34. The second kappa shape index (κ2) is 3.24. The average Bonchev–Trinajstić information content (AvgIpc) is 2.79. The molecule has 6 heteroatoms. The lowest BCUT2D eigenvalue weighted by Crippen LogP contribution is -2.34. The lowest BCUT2D eigenvalue weighted by molar-refractivity contribution is 0.193. The van der Waals surface area contributed by atoms with E-state index in [2.05, 4.69) is 36.1 Å². The third kappa shape index (κ3) is 1.20. The SMILES string of the molecule is CC1(C)[C@@H]2CC[C@@]1(C)/C(=N/n1c(=O)[nH][nH]c1=O)C2. The molecule has 2 aliphatic carbocycles. The number of nitrogens with one attached hydrogen (secondary N) is 2. The van der Waals surface area contributed by atoms with Gasteiger partial charge in [-0.05, 0) is 30.6 Å². The first-order chi connectivity index (χ1) is 8.36. The van der Waals surface area contributed by atoms with Crippen LogP contribution >= 0.6 is 0 Å². The standard InChI is InChI=1S/C12H18N4O2/c1-11(2)7-4-5-12(11,3)8(6-7)15-16-9(17)13-14-10(16)18/h7H,4-6H2,1-3H3,(H,13,17)(H,14,18)/b15-8+/t7-,12+/m1/s1.